The van der Waals surface area contributed by atoms with Crippen molar-refractivity contribution >= 4 is 0 Å². The van der Waals surface area contributed by atoms with E-state index in [1.165, 1.54) is 49.8 Å². The highest BCUT2D eigenvalue weighted by molar-refractivity contribution is 4.90. The Morgan fingerprint density at radius 2 is 1.87 bits per heavy atom. The van der Waals surface area contributed by atoms with Crippen molar-refractivity contribution in [2.75, 3.05) is 19.6 Å². The molecule has 0 radical (unpaired) electrons. The molecule has 0 aromatic carbocycles. The summed E-state index contributed by atoms with van der Waals surface area (Å²) in [6, 6.07) is 0.977. The minimum Gasteiger partial charge on any atom is -0.322 e. The summed E-state index contributed by atoms with van der Waals surface area (Å²) in [6.07, 6.45) is 5.92. The summed E-state index contributed by atoms with van der Waals surface area (Å²) >= 11 is 0. The zero-order valence-corrected chi connectivity index (χ0v) is 11.1. The average Bonchev–Trinajstić information content (AvgIpc) is 2.44. The van der Waals surface area contributed by atoms with Crippen LogP contribution in [0.1, 0.15) is 53.4 Å². The van der Waals surface area contributed by atoms with E-state index in [9.17, 15) is 0 Å². The van der Waals surface area contributed by atoms with Crippen LogP contribution in [0.15, 0.2) is 0 Å². The maximum absolute atomic E-state index is 2.54. The first-order valence-corrected chi connectivity index (χ1v) is 6.92. The van der Waals surface area contributed by atoms with Crippen molar-refractivity contribution in [1.29, 1.82) is 0 Å². The van der Waals surface area contributed by atoms with Gasteiger partial charge in [-0.3, -0.25) is 0 Å². The third-order valence-electron chi connectivity index (χ3n) is 6.03. The van der Waals surface area contributed by atoms with Gasteiger partial charge in [0, 0.05) is 12.8 Å². The molecular weight excluding hydrogens is 182 g/mol. The molecule has 0 spiro atoms. The maximum atomic E-state index is 2.54. The van der Waals surface area contributed by atoms with Gasteiger partial charge in [-0.05, 0) is 38.0 Å². The summed E-state index contributed by atoms with van der Waals surface area (Å²) in [4.78, 5) is 0. The minimum atomic E-state index is 0.668. The van der Waals surface area contributed by atoms with Crippen LogP contribution in [0, 0.1) is 11.3 Å². The lowest BCUT2D eigenvalue weighted by atomic mass is 9.66. The summed E-state index contributed by atoms with van der Waals surface area (Å²) in [6.45, 7) is 14.0. The fourth-order valence-electron chi connectivity index (χ4n) is 4.14. The number of nitrogens with zero attached hydrogens (tertiary/aromatic N) is 1. The third kappa shape index (κ3) is 1.63. The molecule has 15 heavy (non-hydrogen) atoms. The largest absolute Gasteiger partial charge is 0.322 e. The van der Waals surface area contributed by atoms with E-state index in [1.54, 1.807) is 0 Å². The molecule has 1 aliphatic carbocycles. The van der Waals surface area contributed by atoms with Crippen LogP contribution in [0.5, 0.6) is 0 Å². The van der Waals surface area contributed by atoms with Crippen molar-refractivity contribution < 1.29 is 4.48 Å². The monoisotopic (exact) mass is 210 g/mol. The van der Waals surface area contributed by atoms with Crippen molar-refractivity contribution in [3.8, 4) is 0 Å². The van der Waals surface area contributed by atoms with Crippen LogP contribution in [0.4, 0.5) is 0 Å². The highest BCUT2D eigenvalue weighted by Crippen LogP contribution is 2.49. The molecule has 2 bridgehead atoms. The third-order valence-corrected chi connectivity index (χ3v) is 6.03. The van der Waals surface area contributed by atoms with Crippen molar-refractivity contribution in [2.45, 2.75) is 59.4 Å². The van der Waals surface area contributed by atoms with Gasteiger partial charge in [-0.2, -0.15) is 0 Å². The van der Waals surface area contributed by atoms with Gasteiger partial charge in [0.2, 0.25) is 0 Å². The fraction of sp³-hybridized carbons (Fsp3) is 1.00. The van der Waals surface area contributed by atoms with Gasteiger partial charge < -0.3 is 4.48 Å². The summed E-state index contributed by atoms with van der Waals surface area (Å²) in [7, 11) is 0. The molecule has 88 valence electrons. The average molecular weight is 210 g/mol. The Morgan fingerprint density at radius 1 is 1.20 bits per heavy atom. The normalized spacial score (nSPS) is 44.0. The number of rotatable bonds is 2. The first-order valence-electron chi connectivity index (χ1n) is 6.92. The van der Waals surface area contributed by atoms with Gasteiger partial charge in [0.15, 0.2) is 0 Å². The van der Waals surface area contributed by atoms with E-state index < -0.39 is 0 Å². The molecule has 0 N–H and O–H groups in total. The molecule has 0 aromatic rings. The number of hydrogen-bond donors (Lipinski definition) is 0. The number of quaternary nitrogens is 1. The molecule has 3 unspecified atom stereocenters. The van der Waals surface area contributed by atoms with E-state index in [2.05, 4.69) is 27.7 Å². The Labute approximate surface area is 95.4 Å². The SMILES string of the molecule is CC[N+]1(CC)CCC2(C)CCC1CC2C. The van der Waals surface area contributed by atoms with Gasteiger partial charge in [-0.25, -0.2) is 0 Å². The second kappa shape index (κ2) is 3.76. The first kappa shape index (κ1) is 11.4. The van der Waals surface area contributed by atoms with Crippen LogP contribution in [0.3, 0.4) is 0 Å². The van der Waals surface area contributed by atoms with E-state index in [4.69, 9.17) is 0 Å². The van der Waals surface area contributed by atoms with Gasteiger partial charge in [0.25, 0.3) is 0 Å². The van der Waals surface area contributed by atoms with Crippen LogP contribution >= 0.6 is 0 Å². The lowest BCUT2D eigenvalue weighted by Crippen LogP contribution is -2.55. The first-order chi connectivity index (χ1) is 7.06. The van der Waals surface area contributed by atoms with Gasteiger partial charge in [-0.1, -0.05) is 13.8 Å². The van der Waals surface area contributed by atoms with Crippen LogP contribution in [0.25, 0.3) is 0 Å². The summed E-state index contributed by atoms with van der Waals surface area (Å²) in [5.41, 5.74) is 0.668. The molecule has 2 aliphatic heterocycles. The summed E-state index contributed by atoms with van der Waals surface area (Å²) < 4.78 is 1.42. The molecule has 3 fully saturated rings. The number of hydrogen-bond acceptors (Lipinski definition) is 0. The molecule has 2 saturated heterocycles. The standard InChI is InChI=1S/C14H28N/c1-5-15(6-2)10-9-14(4)8-7-13(15)11-12(14)3/h12-13H,5-11H2,1-4H3/q+1. The van der Waals surface area contributed by atoms with Gasteiger partial charge >= 0.3 is 0 Å². The van der Waals surface area contributed by atoms with Crippen LogP contribution in [-0.2, 0) is 0 Å². The van der Waals surface area contributed by atoms with Crippen molar-refractivity contribution in [3.05, 3.63) is 0 Å². The predicted molar refractivity (Wildman–Crippen MR) is 65.7 cm³/mol. The molecule has 2 heterocycles. The van der Waals surface area contributed by atoms with Crippen LogP contribution in [-0.4, -0.2) is 30.2 Å². The minimum absolute atomic E-state index is 0.668. The van der Waals surface area contributed by atoms with Crippen molar-refractivity contribution in [2.24, 2.45) is 11.3 Å². The topological polar surface area (TPSA) is 0 Å². The fourth-order valence-corrected chi connectivity index (χ4v) is 4.14. The Bertz CT molecular complexity index is 231. The lowest BCUT2D eigenvalue weighted by Gasteiger charge is -2.44. The molecule has 3 atom stereocenters. The van der Waals surface area contributed by atoms with Gasteiger partial charge in [0.1, 0.15) is 0 Å². The second-order valence-corrected chi connectivity index (χ2v) is 6.31. The van der Waals surface area contributed by atoms with Gasteiger partial charge in [0.05, 0.1) is 25.7 Å². The van der Waals surface area contributed by atoms with Crippen molar-refractivity contribution in [3.63, 3.8) is 0 Å². The molecule has 0 amide bonds. The zero-order valence-electron chi connectivity index (χ0n) is 11.1. The molecule has 1 nitrogen and oxygen atoms in total. The van der Waals surface area contributed by atoms with Gasteiger partial charge in [-0.15, -0.1) is 0 Å². The zero-order chi connectivity index (χ0) is 11.1. The summed E-state index contributed by atoms with van der Waals surface area (Å²) in [5, 5.41) is 0. The lowest BCUT2D eigenvalue weighted by molar-refractivity contribution is -0.947. The van der Waals surface area contributed by atoms with Crippen LogP contribution in [0.2, 0.25) is 0 Å². The van der Waals surface area contributed by atoms with Crippen molar-refractivity contribution in [1.82, 2.24) is 0 Å². The summed E-state index contributed by atoms with van der Waals surface area (Å²) in [5.74, 6) is 0.953. The Hall–Kier alpha value is -0.0400. The molecule has 3 aliphatic rings. The van der Waals surface area contributed by atoms with E-state index in [-0.39, 0.29) is 0 Å². The van der Waals surface area contributed by atoms with E-state index >= 15 is 0 Å². The Morgan fingerprint density at radius 3 is 2.40 bits per heavy atom. The molecule has 1 saturated carbocycles. The maximum Gasteiger partial charge on any atom is 0.0893 e. The molecule has 0 aromatic heterocycles. The molecular formula is C14H28N+. The van der Waals surface area contributed by atoms with E-state index in [0.29, 0.717) is 5.41 Å². The second-order valence-electron chi connectivity index (χ2n) is 6.31. The molecule has 1 heteroatoms. The number of fused-ring (bicyclic) bond motifs is 4. The Balaban J connectivity index is 2.27. The Kier molecular flexibility index (Phi) is 2.87. The highest BCUT2D eigenvalue weighted by Gasteiger charge is 2.49. The quantitative estimate of drug-likeness (QED) is 0.612. The smallest absolute Gasteiger partial charge is 0.0893 e. The van der Waals surface area contributed by atoms with Crippen LogP contribution < -0.4 is 0 Å². The molecule has 3 rings (SSSR count). The van der Waals surface area contributed by atoms with E-state index in [1.807, 2.05) is 0 Å². The highest BCUT2D eigenvalue weighted by atomic mass is 15.4. The predicted octanol–water partition coefficient (Wildman–Crippen LogP) is 3.44. The van der Waals surface area contributed by atoms with E-state index in [0.717, 1.165) is 12.0 Å².